The number of hydrogen-bond donors (Lipinski definition) is 1. The molecule has 124 valence electrons. The third-order valence-corrected chi connectivity index (χ3v) is 4.74. The summed E-state index contributed by atoms with van der Waals surface area (Å²) in [5.74, 6) is 5.93. The van der Waals surface area contributed by atoms with Gasteiger partial charge in [-0.1, -0.05) is 5.92 Å². The smallest absolute Gasteiger partial charge is 0.421 e. The molecular formula is C16H19NO5S. The van der Waals surface area contributed by atoms with Crippen molar-refractivity contribution < 1.29 is 22.7 Å². The van der Waals surface area contributed by atoms with Gasteiger partial charge in [0.15, 0.2) is 0 Å². The summed E-state index contributed by atoms with van der Waals surface area (Å²) in [6, 6.07) is 5.74. The molecule has 1 fully saturated rings. The maximum absolute atomic E-state index is 12.1. The van der Waals surface area contributed by atoms with E-state index in [4.69, 9.17) is 9.47 Å². The van der Waals surface area contributed by atoms with Crippen LogP contribution in [0.3, 0.4) is 0 Å². The molecular weight excluding hydrogens is 318 g/mol. The summed E-state index contributed by atoms with van der Waals surface area (Å²) in [5.41, 5.74) is 0. The van der Waals surface area contributed by atoms with Crippen LogP contribution in [-0.2, 0) is 14.8 Å². The normalized spacial score (nSPS) is 14.7. The molecule has 7 heteroatoms. The molecule has 6 nitrogen and oxygen atoms in total. The fraction of sp³-hybridized carbons (Fsp3) is 0.438. The summed E-state index contributed by atoms with van der Waals surface area (Å²) in [5, 5.41) is 0. The molecule has 2 rings (SSSR count). The lowest BCUT2D eigenvalue weighted by molar-refractivity contribution is 0.106. The number of amides is 1. The van der Waals surface area contributed by atoms with Crippen molar-refractivity contribution in [3.8, 4) is 17.6 Å². The predicted molar refractivity (Wildman–Crippen MR) is 84.4 cm³/mol. The fourth-order valence-corrected chi connectivity index (χ4v) is 3.14. The van der Waals surface area contributed by atoms with Crippen molar-refractivity contribution in [3.63, 3.8) is 0 Å². The maximum atomic E-state index is 12.1. The van der Waals surface area contributed by atoms with Crippen LogP contribution in [0.15, 0.2) is 29.2 Å². The average molecular weight is 337 g/mol. The Labute approximate surface area is 136 Å². The Morgan fingerprint density at radius 3 is 2.52 bits per heavy atom. The van der Waals surface area contributed by atoms with Crippen molar-refractivity contribution in [2.24, 2.45) is 0 Å². The van der Waals surface area contributed by atoms with Gasteiger partial charge < -0.3 is 9.47 Å². The van der Waals surface area contributed by atoms with E-state index in [0.29, 0.717) is 5.75 Å². The lowest BCUT2D eigenvalue weighted by Gasteiger charge is -2.12. The van der Waals surface area contributed by atoms with Crippen LogP contribution >= 0.6 is 0 Å². The predicted octanol–water partition coefficient (Wildman–Crippen LogP) is 2.45. The molecule has 0 unspecified atom stereocenters. The standard InChI is InChI=1S/C16H19NO5S/c1-2-3-12-21-13-8-10-15(11-9-13)23(19,20)17-16(18)22-14-6-4-5-7-14/h8-11,14H,4-7,12H2,1H3,(H,17,18). The zero-order valence-corrected chi connectivity index (χ0v) is 13.7. The highest BCUT2D eigenvalue weighted by Gasteiger charge is 2.23. The number of hydrogen-bond acceptors (Lipinski definition) is 5. The van der Waals surface area contributed by atoms with Crippen LogP contribution in [0.1, 0.15) is 32.6 Å². The van der Waals surface area contributed by atoms with Gasteiger partial charge in [-0.2, -0.15) is 0 Å². The van der Waals surface area contributed by atoms with Crippen LogP contribution < -0.4 is 9.46 Å². The maximum Gasteiger partial charge on any atom is 0.421 e. The van der Waals surface area contributed by atoms with E-state index in [0.717, 1.165) is 25.7 Å². The zero-order chi connectivity index (χ0) is 16.7. The van der Waals surface area contributed by atoms with Gasteiger partial charge >= 0.3 is 6.09 Å². The van der Waals surface area contributed by atoms with Crippen LogP contribution in [0.4, 0.5) is 4.79 Å². The molecule has 0 aliphatic heterocycles. The molecule has 1 aromatic carbocycles. The highest BCUT2D eigenvalue weighted by molar-refractivity contribution is 7.90. The molecule has 0 radical (unpaired) electrons. The van der Waals surface area contributed by atoms with Crippen molar-refractivity contribution >= 4 is 16.1 Å². The minimum atomic E-state index is -3.95. The van der Waals surface area contributed by atoms with Crippen LogP contribution in [-0.4, -0.2) is 27.2 Å². The van der Waals surface area contributed by atoms with E-state index < -0.39 is 16.1 Å². The van der Waals surface area contributed by atoms with E-state index in [9.17, 15) is 13.2 Å². The molecule has 1 N–H and O–H groups in total. The van der Waals surface area contributed by atoms with Crippen LogP contribution in [0.5, 0.6) is 5.75 Å². The van der Waals surface area contributed by atoms with E-state index in [2.05, 4.69) is 11.8 Å². The molecule has 0 bridgehead atoms. The van der Waals surface area contributed by atoms with Gasteiger partial charge in [-0.05, 0) is 56.9 Å². The molecule has 1 saturated carbocycles. The highest BCUT2D eigenvalue weighted by atomic mass is 32.2. The fourth-order valence-electron chi connectivity index (χ4n) is 2.26. The molecule has 1 aliphatic rings. The lowest BCUT2D eigenvalue weighted by Crippen LogP contribution is -2.33. The Morgan fingerprint density at radius 2 is 1.91 bits per heavy atom. The van der Waals surface area contributed by atoms with Crippen LogP contribution in [0, 0.1) is 11.8 Å². The van der Waals surface area contributed by atoms with E-state index in [1.165, 1.54) is 24.3 Å². The molecule has 0 saturated heterocycles. The number of carbonyl (C=O) groups excluding carboxylic acids is 1. The average Bonchev–Trinajstić information content (AvgIpc) is 3.00. The second kappa shape index (κ2) is 7.88. The monoisotopic (exact) mass is 337 g/mol. The molecule has 1 amide bonds. The van der Waals surface area contributed by atoms with Crippen LogP contribution in [0.2, 0.25) is 0 Å². The number of rotatable bonds is 5. The Balaban J connectivity index is 1.94. The second-order valence-corrected chi connectivity index (χ2v) is 6.79. The minimum absolute atomic E-state index is 0.0326. The summed E-state index contributed by atoms with van der Waals surface area (Å²) < 4.78 is 36.5. The van der Waals surface area contributed by atoms with Crippen LogP contribution in [0.25, 0.3) is 0 Å². The van der Waals surface area contributed by atoms with Gasteiger partial charge in [0.2, 0.25) is 0 Å². The molecule has 0 heterocycles. The number of nitrogens with one attached hydrogen (secondary N) is 1. The molecule has 0 atom stereocenters. The van der Waals surface area contributed by atoms with Gasteiger partial charge in [-0.3, -0.25) is 0 Å². The van der Waals surface area contributed by atoms with E-state index in [1.54, 1.807) is 6.92 Å². The van der Waals surface area contributed by atoms with E-state index in [-0.39, 0.29) is 17.6 Å². The quantitative estimate of drug-likeness (QED) is 0.835. The summed E-state index contributed by atoms with van der Waals surface area (Å²) in [6.07, 6.45) is 2.42. The van der Waals surface area contributed by atoms with Crippen molar-refractivity contribution in [1.82, 2.24) is 4.72 Å². The number of carbonyl (C=O) groups is 1. The first-order valence-corrected chi connectivity index (χ1v) is 8.85. The highest BCUT2D eigenvalue weighted by Crippen LogP contribution is 2.21. The van der Waals surface area contributed by atoms with Crippen molar-refractivity contribution in [1.29, 1.82) is 0 Å². The Bertz CT molecular complexity index is 694. The number of benzene rings is 1. The largest absolute Gasteiger partial charge is 0.481 e. The first kappa shape index (κ1) is 17.2. The number of sulfonamides is 1. The van der Waals surface area contributed by atoms with Gasteiger partial charge in [0.25, 0.3) is 10.0 Å². The van der Waals surface area contributed by atoms with E-state index >= 15 is 0 Å². The SMILES string of the molecule is CC#CCOc1ccc(S(=O)(=O)NC(=O)OC2CCCC2)cc1. The zero-order valence-electron chi connectivity index (χ0n) is 12.9. The van der Waals surface area contributed by atoms with Crippen molar-refractivity contribution in [2.45, 2.75) is 43.6 Å². The molecule has 1 aromatic rings. The first-order chi connectivity index (χ1) is 11.0. The minimum Gasteiger partial charge on any atom is -0.481 e. The Kier molecular flexibility index (Phi) is 5.88. The van der Waals surface area contributed by atoms with Crippen molar-refractivity contribution in [2.75, 3.05) is 6.61 Å². The number of ether oxygens (including phenoxy) is 2. The van der Waals surface area contributed by atoms with Gasteiger partial charge in [0.1, 0.15) is 18.5 Å². The summed E-state index contributed by atoms with van der Waals surface area (Å²) in [4.78, 5) is 11.6. The third kappa shape index (κ3) is 5.18. The molecule has 0 aromatic heterocycles. The first-order valence-electron chi connectivity index (χ1n) is 7.37. The van der Waals surface area contributed by atoms with Gasteiger partial charge in [0, 0.05) is 0 Å². The van der Waals surface area contributed by atoms with Gasteiger partial charge in [-0.25, -0.2) is 17.9 Å². The Hall–Kier alpha value is -2.20. The summed E-state index contributed by atoms with van der Waals surface area (Å²) >= 11 is 0. The lowest BCUT2D eigenvalue weighted by atomic mass is 10.3. The summed E-state index contributed by atoms with van der Waals surface area (Å²) in [7, 11) is -3.95. The topological polar surface area (TPSA) is 81.7 Å². The molecule has 1 aliphatic carbocycles. The second-order valence-electron chi connectivity index (χ2n) is 5.10. The molecule has 23 heavy (non-hydrogen) atoms. The summed E-state index contributed by atoms with van der Waals surface area (Å²) in [6.45, 7) is 1.93. The van der Waals surface area contributed by atoms with Gasteiger partial charge in [-0.15, -0.1) is 5.92 Å². The van der Waals surface area contributed by atoms with E-state index in [1.807, 2.05) is 4.72 Å². The molecule has 0 spiro atoms. The van der Waals surface area contributed by atoms with Crippen molar-refractivity contribution in [3.05, 3.63) is 24.3 Å². The van der Waals surface area contributed by atoms with Gasteiger partial charge in [0.05, 0.1) is 4.90 Å². The Morgan fingerprint density at radius 1 is 1.26 bits per heavy atom. The third-order valence-electron chi connectivity index (χ3n) is 3.42.